The third kappa shape index (κ3) is 4.51. The van der Waals surface area contributed by atoms with Gasteiger partial charge in [-0.05, 0) is 50.1 Å². The summed E-state index contributed by atoms with van der Waals surface area (Å²) in [6.07, 6.45) is -0.270. The molecule has 1 aliphatic heterocycles. The van der Waals surface area contributed by atoms with E-state index in [9.17, 15) is 4.79 Å². The van der Waals surface area contributed by atoms with Gasteiger partial charge in [0.05, 0.1) is 10.5 Å². The number of carbonyl (C=O) groups excluding carboxylic acids is 1. The van der Waals surface area contributed by atoms with Crippen molar-refractivity contribution in [3.05, 3.63) is 59.6 Å². The fraction of sp³-hybridized carbons (Fsp3) is 0.333. The van der Waals surface area contributed by atoms with E-state index in [-0.39, 0.29) is 6.09 Å². The molecule has 0 unspecified atom stereocenters. The highest BCUT2D eigenvalue weighted by atomic mass is 35.5. The first-order valence-electron chi connectivity index (χ1n) is 10.2. The van der Waals surface area contributed by atoms with Gasteiger partial charge in [0.2, 0.25) is 0 Å². The number of pyridine rings is 1. The second-order valence-corrected chi connectivity index (χ2v) is 8.93. The zero-order valence-electron chi connectivity index (χ0n) is 17.6. The number of rotatable bonds is 2. The molecule has 1 amide bonds. The van der Waals surface area contributed by atoms with Gasteiger partial charge < -0.3 is 14.5 Å². The van der Waals surface area contributed by atoms with E-state index in [0.717, 1.165) is 27.8 Å². The minimum atomic E-state index is -0.490. The largest absolute Gasteiger partial charge is 0.444 e. The number of hydrogen-bond donors (Lipinski definition) is 0. The van der Waals surface area contributed by atoms with Gasteiger partial charge in [-0.2, -0.15) is 0 Å². The van der Waals surface area contributed by atoms with E-state index in [1.807, 2.05) is 51.1 Å². The molecule has 30 heavy (non-hydrogen) atoms. The summed E-state index contributed by atoms with van der Waals surface area (Å²) in [5.74, 6) is 0.764. The zero-order chi connectivity index (χ0) is 21.3. The van der Waals surface area contributed by atoms with E-state index in [1.54, 1.807) is 4.90 Å². The first-order chi connectivity index (χ1) is 14.3. The first kappa shape index (κ1) is 20.5. The average Bonchev–Trinajstić information content (AvgIpc) is 2.72. The van der Waals surface area contributed by atoms with Crippen LogP contribution in [0.4, 0.5) is 10.6 Å². The van der Waals surface area contributed by atoms with E-state index in [0.29, 0.717) is 31.2 Å². The molecule has 2 heterocycles. The second-order valence-electron chi connectivity index (χ2n) is 8.52. The van der Waals surface area contributed by atoms with E-state index < -0.39 is 5.60 Å². The monoisotopic (exact) mass is 423 g/mol. The number of ether oxygens (including phenoxy) is 1. The third-order valence-electron chi connectivity index (χ3n) is 5.09. The molecule has 2 aromatic carbocycles. The molecular formula is C24H26ClN3O2. The van der Waals surface area contributed by atoms with E-state index in [2.05, 4.69) is 29.2 Å². The Labute approximate surface area is 182 Å². The average molecular weight is 424 g/mol. The van der Waals surface area contributed by atoms with Crippen LogP contribution in [0.3, 0.4) is 0 Å². The maximum Gasteiger partial charge on any atom is 0.410 e. The molecule has 0 spiro atoms. The molecule has 4 rings (SSSR count). The summed E-state index contributed by atoms with van der Waals surface area (Å²) >= 11 is 6.61. The number of nitrogens with zero attached hydrogens (tertiary/aromatic N) is 3. The Morgan fingerprint density at radius 3 is 2.33 bits per heavy atom. The summed E-state index contributed by atoms with van der Waals surface area (Å²) in [6.45, 7) is 8.13. The molecule has 1 saturated heterocycles. The van der Waals surface area contributed by atoms with Crippen LogP contribution in [0.15, 0.2) is 54.6 Å². The normalized spacial score (nSPS) is 14.8. The Kier molecular flexibility index (Phi) is 5.56. The van der Waals surface area contributed by atoms with Gasteiger partial charge in [0.15, 0.2) is 0 Å². The maximum absolute atomic E-state index is 12.3. The molecule has 0 bridgehead atoms. The van der Waals surface area contributed by atoms with Crippen molar-refractivity contribution < 1.29 is 9.53 Å². The van der Waals surface area contributed by atoms with Gasteiger partial charge in [0.25, 0.3) is 0 Å². The zero-order valence-corrected chi connectivity index (χ0v) is 18.3. The summed E-state index contributed by atoms with van der Waals surface area (Å²) in [7, 11) is 0. The van der Waals surface area contributed by atoms with Gasteiger partial charge in [-0.1, -0.05) is 48.0 Å². The van der Waals surface area contributed by atoms with Crippen molar-refractivity contribution in [2.75, 3.05) is 31.1 Å². The van der Waals surface area contributed by atoms with Crippen LogP contribution in [0.2, 0.25) is 5.02 Å². The number of amides is 1. The Morgan fingerprint density at radius 1 is 0.967 bits per heavy atom. The molecule has 1 aromatic heterocycles. The fourth-order valence-electron chi connectivity index (χ4n) is 3.60. The van der Waals surface area contributed by atoms with Crippen LogP contribution < -0.4 is 4.90 Å². The summed E-state index contributed by atoms with van der Waals surface area (Å²) in [6, 6.07) is 18.5. The smallest absolute Gasteiger partial charge is 0.410 e. The molecule has 1 fully saturated rings. The lowest BCUT2D eigenvalue weighted by molar-refractivity contribution is 0.0240. The number of benzene rings is 2. The minimum absolute atomic E-state index is 0.270. The lowest BCUT2D eigenvalue weighted by atomic mass is 10.0. The van der Waals surface area contributed by atoms with Crippen molar-refractivity contribution in [1.29, 1.82) is 0 Å². The summed E-state index contributed by atoms with van der Waals surface area (Å²) in [5, 5.41) is 1.64. The summed E-state index contributed by atoms with van der Waals surface area (Å²) < 4.78 is 5.47. The predicted octanol–water partition coefficient (Wildman–Crippen LogP) is 5.61. The Bertz CT molecular complexity index is 1060. The number of fused-ring (bicyclic) bond motifs is 1. The van der Waals surface area contributed by atoms with Crippen LogP contribution in [-0.2, 0) is 4.74 Å². The highest BCUT2D eigenvalue weighted by molar-refractivity contribution is 6.33. The number of aromatic nitrogens is 1. The Hall–Kier alpha value is -2.79. The Morgan fingerprint density at radius 2 is 1.67 bits per heavy atom. The SMILES string of the molecule is CC(C)(C)OC(=O)N1CCN(c2nc3ccc(-c4ccccc4)cc3cc2Cl)CC1. The van der Waals surface area contributed by atoms with Gasteiger partial charge in [0.1, 0.15) is 11.4 Å². The number of piperazine rings is 1. The standard InChI is InChI=1S/C24H26ClN3O2/c1-24(2,3)30-23(29)28-13-11-27(12-14-28)22-20(25)16-19-15-18(9-10-21(19)26-22)17-7-5-4-6-8-17/h4-10,15-16H,11-14H2,1-3H3. The summed E-state index contributed by atoms with van der Waals surface area (Å²) in [5.41, 5.74) is 2.72. The molecular weight excluding hydrogens is 398 g/mol. The minimum Gasteiger partial charge on any atom is -0.444 e. The molecule has 6 heteroatoms. The van der Waals surface area contributed by atoms with Crippen LogP contribution in [0.1, 0.15) is 20.8 Å². The van der Waals surface area contributed by atoms with Crippen molar-refractivity contribution in [3.63, 3.8) is 0 Å². The number of carbonyl (C=O) groups is 1. The second kappa shape index (κ2) is 8.15. The number of halogens is 1. The van der Waals surface area contributed by atoms with Crippen LogP contribution in [0.5, 0.6) is 0 Å². The van der Waals surface area contributed by atoms with Gasteiger partial charge >= 0.3 is 6.09 Å². The van der Waals surface area contributed by atoms with Crippen LogP contribution >= 0.6 is 11.6 Å². The number of anilines is 1. The molecule has 0 radical (unpaired) electrons. The van der Waals surface area contributed by atoms with Gasteiger partial charge in [-0.25, -0.2) is 9.78 Å². The van der Waals surface area contributed by atoms with E-state index in [4.69, 9.17) is 21.3 Å². The molecule has 0 aliphatic carbocycles. The van der Waals surface area contributed by atoms with E-state index >= 15 is 0 Å². The third-order valence-corrected chi connectivity index (χ3v) is 5.37. The molecule has 1 aliphatic rings. The van der Waals surface area contributed by atoms with Gasteiger partial charge in [-0.15, -0.1) is 0 Å². The summed E-state index contributed by atoms with van der Waals surface area (Å²) in [4.78, 5) is 21.0. The van der Waals surface area contributed by atoms with Crippen molar-refractivity contribution >= 4 is 34.4 Å². The molecule has 156 valence electrons. The van der Waals surface area contributed by atoms with Gasteiger partial charge in [-0.3, -0.25) is 0 Å². The number of hydrogen-bond acceptors (Lipinski definition) is 4. The topological polar surface area (TPSA) is 45.7 Å². The molecule has 0 atom stereocenters. The molecule has 0 N–H and O–H groups in total. The van der Waals surface area contributed by atoms with Crippen LogP contribution in [-0.4, -0.2) is 47.8 Å². The Balaban J connectivity index is 1.51. The van der Waals surface area contributed by atoms with Crippen LogP contribution in [0, 0.1) is 0 Å². The lowest BCUT2D eigenvalue weighted by Crippen LogP contribution is -2.50. The van der Waals surface area contributed by atoms with E-state index in [1.165, 1.54) is 0 Å². The van der Waals surface area contributed by atoms with Crippen molar-refractivity contribution in [3.8, 4) is 11.1 Å². The molecule has 3 aromatic rings. The highest BCUT2D eigenvalue weighted by Gasteiger charge is 2.27. The quantitative estimate of drug-likeness (QED) is 0.537. The first-order valence-corrected chi connectivity index (χ1v) is 10.6. The molecule has 5 nitrogen and oxygen atoms in total. The molecule has 0 saturated carbocycles. The van der Waals surface area contributed by atoms with Crippen molar-refractivity contribution in [2.24, 2.45) is 0 Å². The predicted molar refractivity (Wildman–Crippen MR) is 122 cm³/mol. The van der Waals surface area contributed by atoms with Crippen molar-refractivity contribution in [2.45, 2.75) is 26.4 Å². The maximum atomic E-state index is 12.3. The lowest BCUT2D eigenvalue weighted by Gasteiger charge is -2.36. The van der Waals surface area contributed by atoms with Gasteiger partial charge in [0, 0.05) is 31.6 Å². The highest BCUT2D eigenvalue weighted by Crippen LogP contribution is 2.31. The van der Waals surface area contributed by atoms with Crippen LogP contribution in [0.25, 0.3) is 22.0 Å². The van der Waals surface area contributed by atoms with Crippen molar-refractivity contribution in [1.82, 2.24) is 9.88 Å². The fourth-order valence-corrected chi connectivity index (χ4v) is 3.88.